The van der Waals surface area contributed by atoms with E-state index in [1.54, 1.807) is 6.92 Å². The van der Waals surface area contributed by atoms with E-state index < -0.39 is 17.5 Å². The molecule has 96 valence electrons. The van der Waals surface area contributed by atoms with Gasteiger partial charge in [-0.25, -0.2) is 0 Å². The molecule has 1 heterocycles. The van der Waals surface area contributed by atoms with E-state index in [-0.39, 0.29) is 5.56 Å². The van der Waals surface area contributed by atoms with Crippen molar-refractivity contribution in [2.45, 2.75) is 18.7 Å². The van der Waals surface area contributed by atoms with Crippen LogP contribution >= 0.6 is 0 Å². The van der Waals surface area contributed by atoms with Gasteiger partial charge in [0, 0.05) is 5.56 Å². The van der Waals surface area contributed by atoms with Gasteiger partial charge in [-0.1, -0.05) is 29.8 Å². The van der Waals surface area contributed by atoms with Gasteiger partial charge in [0.15, 0.2) is 0 Å². The molecule has 1 atom stereocenters. The van der Waals surface area contributed by atoms with Gasteiger partial charge in [0.25, 0.3) is 0 Å². The Balaban J connectivity index is 2.60. The normalized spacial score (nSPS) is 15.4. The molecule has 1 unspecified atom stereocenters. The Hall–Kier alpha value is -1.75. The third-order valence-electron chi connectivity index (χ3n) is 2.76. The molecule has 1 N–H and O–H groups in total. The number of hydrogen-bond acceptors (Lipinski definition) is 2. The molecule has 5 heteroatoms. The average molecular weight is 256 g/mol. The summed E-state index contributed by atoms with van der Waals surface area (Å²) in [6, 6.07) is 7.91. The van der Waals surface area contributed by atoms with Gasteiger partial charge in [-0.15, -0.1) is 0 Å². The van der Waals surface area contributed by atoms with E-state index in [9.17, 15) is 18.3 Å². The molecular formula is C13H11F3O2. The molecule has 0 radical (unpaired) electrons. The lowest BCUT2D eigenvalue weighted by Crippen LogP contribution is -2.43. The van der Waals surface area contributed by atoms with Crippen molar-refractivity contribution in [1.82, 2.24) is 0 Å². The highest BCUT2D eigenvalue weighted by molar-refractivity contribution is 5.34. The van der Waals surface area contributed by atoms with Crippen LogP contribution in [-0.4, -0.2) is 11.3 Å². The molecule has 0 amide bonds. The first-order valence-electron chi connectivity index (χ1n) is 5.26. The largest absolute Gasteiger partial charge is 0.466 e. The summed E-state index contributed by atoms with van der Waals surface area (Å²) in [6.07, 6.45) is -3.76. The summed E-state index contributed by atoms with van der Waals surface area (Å²) in [5, 5.41) is 10.1. The third-order valence-corrected chi connectivity index (χ3v) is 2.76. The van der Waals surface area contributed by atoms with E-state index in [1.165, 1.54) is 30.3 Å². The molecule has 0 spiro atoms. The van der Waals surface area contributed by atoms with Crippen molar-refractivity contribution in [3.63, 3.8) is 0 Å². The maximum Gasteiger partial charge on any atom is 0.428 e. The number of aliphatic hydroxyl groups is 1. The lowest BCUT2D eigenvalue weighted by atomic mass is 9.90. The molecule has 0 saturated heterocycles. The van der Waals surface area contributed by atoms with Crippen LogP contribution in [0.4, 0.5) is 13.2 Å². The van der Waals surface area contributed by atoms with Gasteiger partial charge < -0.3 is 9.52 Å². The summed E-state index contributed by atoms with van der Waals surface area (Å²) >= 11 is 0. The van der Waals surface area contributed by atoms with E-state index in [1.807, 2.05) is 0 Å². The van der Waals surface area contributed by atoms with Crippen LogP contribution in [0.5, 0.6) is 0 Å². The van der Waals surface area contributed by atoms with Crippen LogP contribution in [0.15, 0.2) is 47.1 Å². The smallest absolute Gasteiger partial charge is 0.428 e. The summed E-state index contributed by atoms with van der Waals surface area (Å²) in [5.41, 5.74) is -2.58. The fourth-order valence-electron chi connectivity index (χ4n) is 1.72. The van der Waals surface area contributed by atoms with Gasteiger partial charge >= 0.3 is 6.18 Å². The summed E-state index contributed by atoms with van der Waals surface area (Å²) in [6.45, 7) is 1.75. The van der Waals surface area contributed by atoms with Crippen LogP contribution in [0, 0.1) is 6.92 Å². The molecule has 2 rings (SSSR count). The molecule has 0 bridgehead atoms. The van der Waals surface area contributed by atoms with Gasteiger partial charge in [-0.3, -0.25) is 0 Å². The lowest BCUT2D eigenvalue weighted by molar-refractivity contribution is -0.254. The van der Waals surface area contributed by atoms with Gasteiger partial charge in [-0.05, 0) is 19.1 Å². The minimum atomic E-state index is -4.86. The molecule has 2 aromatic rings. The maximum atomic E-state index is 13.1. The Morgan fingerprint density at radius 3 is 2.11 bits per heavy atom. The number of aryl methyl sites for hydroxylation is 1. The number of furan rings is 1. The Labute approximate surface area is 102 Å². The Bertz CT molecular complexity index is 514. The van der Waals surface area contributed by atoms with Gasteiger partial charge in [-0.2, -0.15) is 13.2 Å². The maximum absolute atomic E-state index is 13.1. The van der Waals surface area contributed by atoms with E-state index in [2.05, 4.69) is 0 Å². The first kappa shape index (κ1) is 12.7. The Kier molecular flexibility index (Phi) is 2.94. The molecule has 1 aromatic carbocycles. The number of halogens is 3. The molecule has 1 aromatic heterocycles. The lowest BCUT2D eigenvalue weighted by Gasteiger charge is -2.29. The molecule has 0 aliphatic carbocycles. The van der Waals surface area contributed by atoms with Crippen LogP contribution in [-0.2, 0) is 5.60 Å². The Morgan fingerprint density at radius 1 is 1.06 bits per heavy atom. The van der Waals surface area contributed by atoms with Crippen molar-refractivity contribution in [1.29, 1.82) is 0 Å². The number of rotatable bonds is 2. The topological polar surface area (TPSA) is 33.4 Å². The monoisotopic (exact) mass is 256 g/mol. The molecule has 0 fully saturated rings. The average Bonchev–Trinajstić information content (AvgIpc) is 2.81. The SMILES string of the molecule is Cc1ccc(C(O)(c2ccco2)C(F)(F)F)cc1. The zero-order valence-corrected chi connectivity index (χ0v) is 9.53. The standard InChI is InChI=1S/C13H11F3O2/c1-9-4-6-10(7-5-9)12(17,13(14,15)16)11-3-2-8-18-11/h2-8,17H,1H3. The molecular weight excluding hydrogens is 245 g/mol. The second-order valence-electron chi connectivity index (χ2n) is 4.05. The van der Waals surface area contributed by atoms with Crippen LogP contribution < -0.4 is 0 Å². The van der Waals surface area contributed by atoms with Crippen LogP contribution in [0.3, 0.4) is 0 Å². The summed E-state index contributed by atoms with van der Waals surface area (Å²) in [4.78, 5) is 0. The summed E-state index contributed by atoms with van der Waals surface area (Å²) < 4.78 is 44.2. The zero-order valence-electron chi connectivity index (χ0n) is 9.53. The molecule has 0 saturated carbocycles. The number of hydrogen-bond donors (Lipinski definition) is 1. The van der Waals surface area contributed by atoms with Crippen LogP contribution in [0.1, 0.15) is 16.9 Å². The van der Waals surface area contributed by atoms with Crippen molar-refractivity contribution in [2.24, 2.45) is 0 Å². The first-order chi connectivity index (χ1) is 8.35. The predicted molar refractivity (Wildman–Crippen MR) is 58.9 cm³/mol. The van der Waals surface area contributed by atoms with Crippen LogP contribution in [0.25, 0.3) is 0 Å². The third kappa shape index (κ3) is 1.90. The van der Waals surface area contributed by atoms with Crippen molar-refractivity contribution in [3.05, 3.63) is 59.5 Å². The van der Waals surface area contributed by atoms with Crippen molar-refractivity contribution < 1.29 is 22.7 Å². The molecule has 18 heavy (non-hydrogen) atoms. The Morgan fingerprint density at radius 2 is 1.67 bits per heavy atom. The van der Waals surface area contributed by atoms with Crippen molar-refractivity contribution >= 4 is 0 Å². The van der Waals surface area contributed by atoms with E-state index in [0.29, 0.717) is 0 Å². The highest BCUT2D eigenvalue weighted by Gasteiger charge is 2.58. The number of alkyl halides is 3. The summed E-state index contributed by atoms with van der Waals surface area (Å²) in [7, 11) is 0. The second-order valence-corrected chi connectivity index (χ2v) is 4.05. The van der Waals surface area contributed by atoms with Crippen LogP contribution in [0.2, 0.25) is 0 Å². The summed E-state index contributed by atoms with van der Waals surface area (Å²) in [5.74, 6) is -0.543. The van der Waals surface area contributed by atoms with Gasteiger partial charge in [0.2, 0.25) is 5.60 Å². The van der Waals surface area contributed by atoms with E-state index in [4.69, 9.17) is 4.42 Å². The van der Waals surface area contributed by atoms with Crippen molar-refractivity contribution in [3.8, 4) is 0 Å². The highest BCUT2D eigenvalue weighted by atomic mass is 19.4. The first-order valence-corrected chi connectivity index (χ1v) is 5.26. The highest BCUT2D eigenvalue weighted by Crippen LogP contribution is 2.44. The quantitative estimate of drug-likeness (QED) is 0.893. The fourth-order valence-corrected chi connectivity index (χ4v) is 1.72. The van der Waals surface area contributed by atoms with E-state index in [0.717, 1.165) is 17.9 Å². The minimum Gasteiger partial charge on any atom is -0.466 e. The van der Waals surface area contributed by atoms with Gasteiger partial charge in [0.1, 0.15) is 5.76 Å². The molecule has 0 aliphatic rings. The fraction of sp³-hybridized carbons (Fsp3) is 0.231. The van der Waals surface area contributed by atoms with Crippen molar-refractivity contribution in [2.75, 3.05) is 0 Å². The van der Waals surface area contributed by atoms with Gasteiger partial charge in [0.05, 0.1) is 6.26 Å². The molecule has 0 aliphatic heterocycles. The minimum absolute atomic E-state index is 0.268. The molecule has 2 nitrogen and oxygen atoms in total. The van der Waals surface area contributed by atoms with E-state index >= 15 is 0 Å². The second kappa shape index (κ2) is 4.17. The number of benzene rings is 1. The predicted octanol–water partition coefficient (Wildman–Crippen LogP) is 3.39. The zero-order chi connectivity index (χ0) is 13.4.